The number of hydrogen-bond donors (Lipinski definition) is 1. The highest BCUT2D eigenvalue weighted by Gasteiger charge is 2.22. The summed E-state index contributed by atoms with van der Waals surface area (Å²) in [6, 6.07) is 29.5. The van der Waals surface area contributed by atoms with Crippen molar-refractivity contribution in [3.63, 3.8) is 0 Å². The van der Waals surface area contributed by atoms with Gasteiger partial charge in [0.2, 0.25) is 0 Å². The van der Waals surface area contributed by atoms with Crippen LogP contribution in [0.5, 0.6) is 11.5 Å². The molecule has 0 heterocycles. The van der Waals surface area contributed by atoms with Crippen LogP contribution in [0.2, 0.25) is 0 Å². The normalized spacial score (nSPS) is 11.6. The molecule has 188 valence electrons. The molecule has 4 aromatic rings. The van der Waals surface area contributed by atoms with Crippen LogP contribution in [0.1, 0.15) is 39.7 Å². The standard InChI is InChI=1S/C30H27NO6/c1-36-26-15-9-23(10-16-26)29(24-11-17-27(37-2)18-12-24)22-5-3-20(4-6-22)19-28(30(32)33)21-7-13-25(14-8-21)31(34)35/h3-18,28-29H,19H2,1-2H3,(H,32,33). The van der Waals surface area contributed by atoms with E-state index in [-0.39, 0.29) is 18.0 Å². The van der Waals surface area contributed by atoms with Gasteiger partial charge in [-0.15, -0.1) is 0 Å². The van der Waals surface area contributed by atoms with Gasteiger partial charge in [0.1, 0.15) is 11.5 Å². The summed E-state index contributed by atoms with van der Waals surface area (Å²) < 4.78 is 10.6. The smallest absolute Gasteiger partial charge is 0.311 e. The number of nitro benzene ring substituents is 1. The summed E-state index contributed by atoms with van der Waals surface area (Å²) in [4.78, 5) is 22.5. The second-order valence-corrected chi connectivity index (χ2v) is 8.66. The Morgan fingerprint density at radius 3 is 1.51 bits per heavy atom. The van der Waals surface area contributed by atoms with Gasteiger partial charge >= 0.3 is 5.97 Å². The summed E-state index contributed by atoms with van der Waals surface area (Å²) in [7, 11) is 3.27. The molecule has 1 unspecified atom stereocenters. The molecular weight excluding hydrogens is 470 g/mol. The predicted octanol–water partition coefficient (Wildman–Crippen LogP) is 6.20. The second kappa shape index (κ2) is 11.4. The number of carboxylic acids is 1. The van der Waals surface area contributed by atoms with Crippen molar-refractivity contribution < 1.29 is 24.3 Å². The predicted molar refractivity (Wildman–Crippen MR) is 141 cm³/mol. The van der Waals surface area contributed by atoms with Gasteiger partial charge < -0.3 is 14.6 Å². The lowest BCUT2D eigenvalue weighted by Gasteiger charge is -2.20. The van der Waals surface area contributed by atoms with E-state index in [1.807, 2.05) is 72.8 Å². The minimum Gasteiger partial charge on any atom is -0.497 e. The lowest BCUT2D eigenvalue weighted by atomic mass is 9.84. The molecule has 1 N–H and O–H groups in total. The summed E-state index contributed by atoms with van der Waals surface area (Å²) in [5.74, 6) is -0.286. The number of ether oxygens (including phenoxy) is 2. The molecule has 4 aromatic carbocycles. The number of nitrogens with zero attached hydrogens (tertiary/aromatic N) is 1. The van der Waals surface area contributed by atoms with Crippen molar-refractivity contribution in [1.29, 1.82) is 0 Å². The Morgan fingerprint density at radius 2 is 1.14 bits per heavy atom. The highest BCUT2D eigenvalue weighted by Crippen LogP contribution is 2.34. The number of hydrogen-bond acceptors (Lipinski definition) is 5. The minimum absolute atomic E-state index is 0.0456. The van der Waals surface area contributed by atoms with Gasteiger partial charge in [0.05, 0.1) is 25.1 Å². The maximum Gasteiger partial charge on any atom is 0.311 e. The molecule has 0 aliphatic carbocycles. The van der Waals surface area contributed by atoms with Crippen molar-refractivity contribution in [3.8, 4) is 11.5 Å². The van der Waals surface area contributed by atoms with Crippen LogP contribution in [-0.4, -0.2) is 30.2 Å². The van der Waals surface area contributed by atoms with Crippen molar-refractivity contribution in [2.24, 2.45) is 0 Å². The Morgan fingerprint density at radius 1 is 0.730 bits per heavy atom. The minimum atomic E-state index is -0.979. The van der Waals surface area contributed by atoms with Crippen LogP contribution in [0.3, 0.4) is 0 Å². The fourth-order valence-corrected chi connectivity index (χ4v) is 4.43. The molecule has 0 radical (unpaired) electrons. The molecule has 0 amide bonds. The van der Waals surface area contributed by atoms with E-state index in [4.69, 9.17) is 9.47 Å². The van der Waals surface area contributed by atoms with Gasteiger partial charge in [-0.2, -0.15) is 0 Å². The third-order valence-electron chi connectivity index (χ3n) is 6.46. The zero-order valence-corrected chi connectivity index (χ0v) is 20.5. The van der Waals surface area contributed by atoms with Crippen molar-refractivity contribution in [1.82, 2.24) is 0 Å². The van der Waals surface area contributed by atoms with Crippen LogP contribution in [0.15, 0.2) is 97.1 Å². The Labute approximate surface area is 215 Å². The third kappa shape index (κ3) is 5.95. The monoisotopic (exact) mass is 497 g/mol. The molecule has 0 fully saturated rings. The van der Waals surface area contributed by atoms with E-state index in [2.05, 4.69) is 0 Å². The van der Waals surface area contributed by atoms with Crippen LogP contribution >= 0.6 is 0 Å². The van der Waals surface area contributed by atoms with Gasteiger partial charge in [-0.05, 0) is 58.5 Å². The van der Waals surface area contributed by atoms with Crippen molar-refractivity contribution >= 4 is 11.7 Å². The van der Waals surface area contributed by atoms with Gasteiger partial charge in [0, 0.05) is 18.1 Å². The second-order valence-electron chi connectivity index (χ2n) is 8.66. The molecule has 7 nitrogen and oxygen atoms in total. The molecule has 0 saturated heterocycles. The molecule has 0 spiro atoms. The van der Waals surface area contributed by atoms with E-state index >= 15 is 0 Å². The lowest BCUT2D eigenvalue weighted by molar-refractivity contribution is -0.384. The number of methoxy groups -OCH3 is 2. The summed E-state index contributed by atoms with van der Waals surface area (Å²) >= 11 is 0. The number of carbonyl (C=O) groups is 1. The number of benzene rings is 4. The van der Waals surface area contributed by atoms with E-state index in [0.29, 0.717) is 5.56 Å². The van der Waals surface area contributed by atoms with Crippen LogP contribution in [0.25, 0.3) is 0 Å². The first-order valence-corrected chi connectivity index (χ1v) is 11.7. The average Bonchev–Trinajstić information content (AvgIpc) is 2.93. The van der Waals surface area contributed by atoms with Crippen molar-refractivity contribution in [3.05, 3.63) is 135 Å². The van der Waals surface area contributed by atoms with E-state index in [9.17, 15) is 20.0 Å². The van der Waals surface area contributed by atoms with E-state index in [0.717, 1.165) is 33.8 Å². The van der Waals surface area contributed by atoms with Crippen LogP contribution in [-0.2, 0) is 11.2 Å². The third-order valence-corrected chi connectivity index (χ3v) is 6.46. The highest BCUT2D eigenvalue weighted by molar-refractivity contribution is 5.76. The fourth-order valence-electron chi connectivity index (χ4n) is 4.43. The van der Waals surface area contributed by atoms with Crippen molar-refractivity contribution in [2.45, 2.75) is 18.3 Å². The Bertz CT molecular complexity index is 1300. The molecule has 37 heavy (non-hydrogen) atoms. The number of non-ortho nitro benzene ring substituents is 1. The first-order chi connectivity index (χ1) is 17.9. The van der Waals surface area contributed by atoms with Gasteiger partial charge in [-0.3, -0.25) is 14.9 Å². The van der Waals surface area contributed by atoms with Crippen LogP contribution in [0, 0.1) is 10.1 Å². The lowest BCUT2D eigenvalue weighted by Crippen LogP contribution is -2.14. The highest BCUT2D eigenvalue weighted by atomic mass is 16.6. The molecule has 0 saturated carbocycles. The Kier molecular flexibility index (Phi) is 7.83. The zero-order chi connectivity index (χ0) is 26.4. The number of aliphatic carboxylic acids is 1. The number of carboxylic acid groups (broad SMARTS) is 1. The first kappa shape index (κ1) is 25.4. The van der Waals surface area contributed by atoms with Crippen molar-refractivity contribution in [2.75, 3.05) is 14.2 Å². The summed E-state index contributed by atoms with van der Waals surface area (Å²) in [6.45, 7) is 0. The topological polar surface area (TPSA) is 98.9 Å². The van der Waals surface area contributed by atoms with Gasteiger partial charge in [-0.1, -0.05) is 60.7 Å². The molecule has 7 heteroatoms. The fraction of sp³-hybridized carbons (Fsp3) is 0.167. The number of nitro groups is 1. The maximum absolute atomic E-state index is 12.0. The zero-order valence-electron chi connectivity index (χ0n) is 20.5. The average molecular weight is 498 g/mol. The van der Waals surface area contributed by atoms with E-state index < -0.39 is 16.8 Å². The van der Waals surface area contributed by atoms with E-state index in [1.54, 1.807) is 14.2 Å². The number of rotatable bonds is 10. The van der Waals surface area contributed by atoms with E-state index in [1.165, 1.54) is 24.3 Å². The SMILES string of the molecule is COc1ccc(C(c2ccc(CC(C(=O)O)c3ccc([N+](=O)[O-])cc3)cc2)c2ccc(OC)cc2)cc1. The van der Waals surface area contributed by atoms with Gasteiger partial charge in [0.15, 0.2) is 0 Å². The molecule has 0 aliphatic heterocycles. The molecule has 1 atom stereocenters. The molecule has 4 rings (SSSR count). The summed E-state index contributed by atoms with van der Waals surface area (Å²) in [5, 5.41) is 20.8. The maximum atomic E-state index is 12.0. The molecular formula is C30H27NO6. The largest absolute Gasteiger partial charge is 0.497 e. The first-order valence-electron chi connectivity index (χ1n) is 11.7. The van der Waals surface area contributed by atoms with Gasteiger partial charge in [0.25, 0.3) is 5.69 Å². The Balaban J connectivity index is 1.63. The molecule has 0 aliphatic rings. The summed E-state index contributed by atoms with van der Waals surface area (Å²) in [6.07, 6.45) is 0.267. The summed E-state index contributed by atoms with van der Waals surface area (Å²) in [5.41, 5.74) is 4.55. The Hall–Kier alpha value is -4.65. The molecule has 0 aromatic heterocycles. The quantitative estimate of drug-likeness (QED) is 0.159. The van der Waals surface area contributed by atoms with Gasteiger partial charge in [-0.25, -0.2) is 0 Å². The van der Waals surface area contributed by atoms with Crippen LogP contribution in [0.4, 0.5) is 5.69 Å². The van der Waals surface area contributed by atoms with Crippen LogP contribution < -0.4 is 9.47 Å². The molecule has 0 bridgehead atoms.